The first-order valence-corrected chi connectivity index (χ1v) is 46.8. The first kappa shape index (κ1) is 147. The molecule has 0 saturated heterocycles. The van der Waals surface area contributed by atoms with Crippen molar-refractivity contribution in [2.24, 2.45) is 65.0 Å². The van der Waals surface area contributed by atoms with Crippen molar-refractivity contribution in [1.82, 2.24) is 0 Å². The van der Waals surface area contributed by atoms with Crippen molar-refractivity contribution in [2.75, 3.05) is 34.0 Å². The Kier molecular flexibility index (Phi) is 73.7. The van der Waals surface area contributed by atoms with E-state index < -0.39 is 111 Å². The maximum absolute atomic E-state index is 12.0. The average Bonchev–Trinajstić information content (AvgIpc) is 0.852. The monoisotopic (exact) mass is 2010 g/mol. The third kappa shape index (κ3) is 70.0. The summed E-state index contributed by atoms with van der Waals surface area (Å²) >= 11 is 0. The first-order chi connectivity index (χ1) is 62.7. The van der Waals surface area contributed by atoms with E-state index in [9.17, 15) is 97.0 Å². The highest BCUT2D eigenvalue weighted by atomic mass is 19.4. The molecule has 0 aliphatic carbocycles. The Labute approximate surface area is 825 Å². The van der Waals surface area contributed by atoms with Gasteiger partial charge in [0.2, 0.25) is 0 Å². The van der Waals surface area contributed by atoms with Gasteiger partial charge < -0.3 is 63.1 Å². The number of aliphatic carboxylic acids is 3. The maximum Gasteiger partial charge on any atom is 0.425 e. The number of carboxylic acids is 3. The molecule has 139 heavy (non-hydrogen) atoms. The lowest BCUT2D eigenvalue weighted by Crippen LogP contribution is -2.36. The zero-order chi connectivity index (χ0) is 112. The van der Waals surface area contributed by atoms with Gasteiger partial charge in [-0.05, 0) is 274 Å². The summed E-state index contributed by atoms with van der Waals surface area (Å²) in [5.41, 5.74) is -3.30. The molecule has 3 aromatic carbocycles. The summed E-state index contributed by atoms with van der Waals surface area (Å²) in [7, 11) is 2.83. The number of ether oxygens (including phenoxy) is 9. The van der Waals surface area contributed by atoms with Crippen LogP contribution < -0.4 is 0 Å². The van der Waals surface area contributed by atoms with E-state index >= 15 is 0 Å². The van der Waals surface area contributed by atoms with Gasteiger partial charge in [-0.1, -0.05) is 174 Å². The van der Waals surface area contributed by atoms with Crippen molar-refractivity contribution in [3.8, 4) is 0 Å². The van der Waals surface area contributed by atoms with Crippen LogP contribution in [0.1, 0.15) is 357 Å². The van der Waals surface area contributed by atoms with Gasteiger partial charge in [0.05, 0.1) is 85.8 Å². The van der Waals surface area contributed by atoms with Crippen LogP contribution in [0.2, 0.25) is 0 Å². The van der Waals surface area contributed by atoms with Gasteiger partial charge in [-0.15, -0.1) is 0 Å². The average molecular weight is 2010 g/mol. The molecule has 0 aromatic heterocycles. The topological polar surface area (TPSA) is 369 Å². The van der Waals surface area contributed by atoms with Crippen molar-refractivity contribution < 1.29 is 160 Å². The number of hydrogen-bond acceptors (Lipinski definition) is 22. The fourth-order valence-electron chi connectivity index (χ4n) is 6.51. The second-order valence-electron chi connectivity index (χ2n) is 40.2. The third-order valence-electron chi connectivity index (χ3n) is 23.5. The molecule has 0 aliphatic heterocycles. The van der Waals surface area contributed by atoms with Crippen LogP contribution in [0.15, 0.2) is 91.0 Å². The lowest BCUT2D eigenvalue weighted by atomic mass is 9.90. The Balaban J connectivity index is -0.000000191. The Morgan fingerprint density at radius 2 is 0.424 bits per heavy atom. The van der Waals surface area contributed by atoms with Gasteiger partial charge >= 0.3 is 90.2 Å². The molecule has 0 fully saturated rings. The van der Waals surface area contributed by atoms with Gasteiger partial charge in [0, 0.05) is 0 Å². The number of esters is 9. The van der Waals surface area contributed by atoms with Gasteiger partial charge in [-0.2, -0.15) is 39.5 Å². The number of aliphatic hydroxyl groups is 1. The fraction of sp³-hybridized carbons (Fsp3) is 0.714. The van der Waals surface area contributed by atoms with E-state index in [0.29, 0.717) is 58.3 Å². The molecule has 0 spiro atoms. The number of carbonyl (C=O) groups is 12. The van der Waals surface area contributed by atoms with Crippen LogP contribution >= 0.6 is 0 Å². The molecule has 3 rings (SSSR count). The third-order valence-corrected chi connectivity index (χ3v) is 23.5. The van der Waals surface area contributed by atoms with Crippen molar-refractivity contribution >= 4 is 71.6 Å². The molecule has 4 N–H and O–H groups in total. The van der Waals surface area contributed by atoms with E-state index in [4.69, 9.17) is 39.4 Å². The molecular weight excluding hydrogens is 1830 g/mol. The quantitative estimate of drug-likeness (QED) is 0.0241. The summed E-state index contributed by atoms with van der Waals surface area (Å²) in [4.78, 5) is 132. The van der Waals surface area contributed by atoms with Crippen molar-refractivity contribution in [2.45, 2.75) is 391 Å². The lowest BCUT2D eigenvalue weighted by Gasteiger charge is -2.24. The molecule has 0 heterocycles. The molecule has 34 heteroatoms. The van der Waals surface area contributed by atoms with Gasteiger partial charge in [-0.25, -0.2) is 0 Å². The molecule has 0 radical (unpaired) electrons. The van der Waals surface area contributed by atoms with Crippen LogP contribution in [-0.2, 0) is 120 Å². The minimum Gasteiger partial charge on any atom is -0.481 e. The lowest BCUT2D eigenvalue weighted by molar-refractivity contribution is -0.221. The molecule has 3 aromatic rings. The molecule has 2 unspecified atom stereocenters. The standard InChI is InChI=1S/3C13H18O2.2C9H15F3O2.C8H13F3O2.C8H16O3.2C7H14O2.3C6H12O2/c3*1-4-13(2,3)12(14)15-10-11-8-6-5-7-9-11;2*1-5-8(3,4)7(13)14-6(2)9(10,11)12;1-4-7(2,3)6(12)13-5-8(9,10)11;1-4-8(2,3)7(10)11-6-5-9;2*1-5-7(2,3)6(8)9-4;3*1-4-6(2,3)5(7)8/h3*5-9H,4,10H2,1-3H3;2*6H,5H2,1-4H3;4-5H2,1-3H3;9H,4-6H2,1-3H3;2*5H2,1-4H3;3*4H2,1-3H3,(H,7,8). The Bertz CT molecular complexity index is 3640. The number of benzene rings is 3. The van der Waals surface area contributed by atoms with Gasteiger partial charge in [0.15, 0.2) is 18.8 Å². The van der Waals surface area contributed by atoms with E-state index in [1.807, 2.05) is 236 Å². The molecule has 0 amide bonds. The Hall–Kier alpha value is -9.37. The second-order valence-corrected chi connectivity index (χ2v) is 40.2. The van der Waals surface area contributed by atoms with E-state index in [-0.39, 0.29) is 76.1 Å². The number of methoxy groups -OCH3 is 2. The predicted molar refractivity (Wildman–Crippen MR) is 523 cm³/mol. The van der Waals surface area contributed by atoms with Crippen LogP contribution in [0.25, 0.3) is 0 Å². The van der Waals surface area contributed by atoms with Gasteiger partial charge in [0.25, 0.3) is 0 Å². The van der Waals surface area contributed by atoms with Crippen molar-refractivity contribution in [1.29, 1.82) is 0 Å². The normalized spacial score (nSPS) is 12.1. The number of halogens is 9. The highest BCUT2D eigenvalue weighted by molar-refractivity contribution is 5.80. The molecule has 0 bridgehead atoms. The number of alkyl halides is 9. The number of rotatable bonds is 35. The predicted octanol–water partition coefficient (Wildman–Crippen LogP) is 26.5. The van der Waals surface area contributed by atoms with E-state index in [1.165, 1.54) is 14.2 Å². The van der Waals surface area contributed by atoms with E-state index in [2.05, 4.69) is 23.7 Å². The Morgan fingerprint density at radius 1 is 0.259 bits per heavy atom. The van der Waals surface area contributed by atoms with Crippen molar-refractivity contribution in [3.63, 3.8) is 0 Å². The van der Waals surface area contributed by atoms with E-state index in [1.54, 1.807) is 104 Å². The first-order valence-electron chi connectivity index (χ1n) is 46.8. The minimum atomic E-state index is -4.49. The molecule has 0 aliphatic rings. The van der Waals surface area contributed by atoms with Crippen LogP contribution in [0.3, 0.4) is 0 Å². The number of hydrogen-bond donors (Lipinski definition) is 4. The molecular formula is C105H177F9O25. The van der Waals surface area contributed by atoms with Crippen molar-refractivity contribution in [3.05, 3.63) is 108 Å². The van der Waals surface area contributed by atoms with Gasteiger partial charge in [-0.3, -0.25) is 57.5 Å². The van der Waals surface area contributed by atoms with Crippen LogP contribution in [0, 0.1) is 65.0 Å². The SMILES string of the molecule is CCC(C)(C)C(=O)O.CCC(C)(C)C(=O)O.CCC(C)(C)C(=O)O.CCC(C)(C)C(=O)OC.CCC(C)(C)C(=O)OC.CCC(C)(C)C(=O)OC(C)C(F)(F)F.CCC(C)(C)C(=O)OC(C)C(F)(F)F.CCC(C)(C)C(=O)OCC(F)(F)F.CCC(C)(C)C(=O)OCCO.CCC(C)(C)C(=O)OCc1ccccc1.CCC(C)(C)C(=O)OCc1ccccc1.CCC(C)(C)C(=O)OCc1ccccc1. The van der Waals surface area contributed by atoms with Crippen LogP contribution in [-0.4, -0.2) is 157 Å². The van der Waals surface area contributed by atoms with E-state index in [0.717, 1.165) is 69.1 Å². The molecule has 810 valence electrons. The highest BCUT2D eigenvalue weighted by Gasteiger charge is 2.44. The summed E-state index contributed by atoms with van der Waals surface area (Å²) in [6.45, 7) is 66.0. The largest absolute Gasteiger partial charge is 0.481 e. The van der Waals surface area contributed by atoms with Crippen LogP contribution in [0.4, 0.5) is 39.5 Å². The summed E-state index contributed by atoms with van der Waals surface area (Å²) in [5.74, 6) is -5.51. The van der Waals surface area contributed by atoms with Gasteiger partial charge in [0.1, 0.15) is 26.4 Å². The zero-order valence-electron chi connectivity index (χ0n) is 91.3. The summed E-state index contributed by atoms with van der Waals surface area (Å²) in [6.07, 6.45) is -9.36. The summed E-state index contributed by atoms with van der Waals surface area (Å²) < 4.78 is 149. The molecule has 0 saturated carbocycles. The zero-order valence-corrected chi connectivity index (χ0v) is 91.3. The second kappa shape index (κ2) is 69.5. The Morgan fingerprint density at radius 3 is 0.561 bits per heavy atom. The maximum atomic E-state index is 12.0. The minimum absolute atomic E-state index is 0.0995. The highest BCUT2D eigenvalue weighted by Crippen LogP contribution is 2.33. The van der Waals surface area contributed by atoms with Crippen LogP contribution in [0.5, 0.6) is 0 Å². The summed E-state index contributed by atoms with van der Waals surface area (Å²) in [5, 5.41) is 33.7. The number of aliphatic hydroxyl groups excluding tert-OH is 1. The molecule has 25 nitrogen and oxygen atoms in total. The fourth-order valence-corrected chi connectivity index (χ4v) is 6.51. The number of carboxylic acid groups (broad SMARTS) is 3. The smallest absolute Gasteiger partial charge is 0.425 e. The number of carbonyl (C=O) groups excluding carboxylic acids is 9. The molecule has 2 atom stereocenters. The summed E-state index contributed by atoms with van der Waals surface area (Å²) in [6, 6.07) is 29.2.